The Morgan fingerprint density at radius 1 is 1.60 bits per heavy atom. The van der Waals surface area contributed by atoms with Crippen molar-refractivity contribution < 1.29 is 4.79 Å². The Morgan fingerprint density at radius 2 is 2.27 bits per heavy atom. The lowest BCUT2D eigenvalue weighted by Gasteiger charge is -2.22. The van der Waals surface area contributed by atoms with Gasteiger partial charge >= 0.3 is 0 Å². The van der Waals surface area contributed by atoms with E-state index >= 15 is 0 Å². The van der Waals surface area contributed by atoms with Gasteiger partial charge in [0.2, 0.25) is 5.91 Å². The van der Waals surface area contributed by atoms with Crippen LogP contribution >= 0.6 is 11.3 Å². The molecular formula is C11H18N2OS. The van der Waals surface area contributed by atoms with E-state index in [9.17, 15) is 4.79 Å². The van der Waals surface area contributed by atoms with E-state index in [2.05, 4.69) is 0 Å². The fourth-order valence-electron chi connectivity index (χ4n) is 1.25. The molecule has 0 radical (unpaired) electrons. The van der Waals surface area contributed by atoms with Crippen LogP contribution < -0.4 is 5.73 Å². The summed E-state index contributed by atoms with van der Waals surface area (Å²) in [5, 5.41) is 2.01. The maximum atomic E-state index is 11.8. The molecule has 2 N–H and O–H groups in total. The van der Waals surface area contributed by atoms with Gasteiger partial charge in [-0.05, 0) is 17.4 Å². The molecule has 1 atom stereocenters. The first-order valence-electron chi connectivity index (χ1n) is 5.05. The molecule has 84 valence electrons. The summed E-state index contributed by atoms with van der Waals surface area (Å²) >= 11 is 1.65. The van der Waals surface area contributed by atoms with Crippen LogP contribution in [0.2, 0.25) is 0 Å². The Bertz CT molecular complexity index is 308. The maximum absolute atomic E-state index is 11.8. The molecule has 0 saturated carbocycles. The first kappa shape index (κ1) is 12.2. The molecule has 1 heterocycles. The van der Waals surface area contributed by atoms with Crippen molar-refractivity contribution in [3.05, 3.63) is 22.4 Å². The van der Waals surface area contributed by atoms with E-state index in [0.29, 0.717) is 6.54 Å². The number of rotatable bonds is 4. The van der Waals surface area contributed by atoms with Crippen molar-refractivity contribution in [2.75, 3.05) is 7.05 Å². The van der Waals surface area contributed by atoms with Crippen molar-refractivity contribution in [1.29, 1.82) is 0 Å². The highest BCUT2D eigenvalue weighted by Gasteiger charge is 2.20. The van der Waals surface area contributed by atoms with Gasteiger partial charge in [-0.2, -0.15) is 0 Å². The number of thiophene rings is 1. The summed E-state index contributed by atoms with van der Waals surface area (Å²) in [6, 6.07) is 3.62. The normalized spacial score (nSPS) is 12.9. The summed E-state index contributed by atoms with van der Waals surface area (Å²) in [5.41, 5.74) is 5.80. The minimum Gasteiger partial charge on any atom is -0.339 e. The van der Waals surface area contributed by atoms with Crippen molar-refractivity contribution in [1.82, 2.24) is 4.90 Å². The number of nitrogens with two attached hydrogens (primary N) is 1. The number of nitrogens with zero attached hydrogens (tertiary/aromatic N) is 1. The molecule has 1 aromatic rings. The molecule has 0 aromatic carbocycles. The van der Waals surface area contributed by atoms with E-state index in [0.717, 1.165) is 0 Å². The summed E-state index contributed by atoms with van der Waals surface area (Å²) < 4.78 is 0. The molecule has 0 fully saturated rings. The van der Waals surface area contributed by atoms with Crippen LogP contribution in [-0.2, 0) is 11.3 Å². The van der Waals surface area contributed by atoms with E-state index in [-0.39, 0.29) is 11.8 Å². The third-order valence-corrected chi connectivity index (χ3v) is 3.21. The highest BCUT2D eigenvalue weighted by atomic mass is 32.1. The van der Waals surface area contributed by atoms with Gasteiger partial charge in [0.15, 0.2) is 0 Å². The minimum absolute atomic E-state index is 0.0124. The lowest BCUT2D eigenvalue weighted by molar-refractivity contribution is -0.132. The zero-order valence-corrected chi connectivity index (χ0v) is 10.3. The molecule has 0 spiro atoms. The largest absolute Gasteiger partial charge is 0.339 e. The van der Waals surface area contributed by atoms with Crippen LogP contribution in [0.5, 0.6) is 0 Å². The molecule has 3 nitrogen and oxygen atoms in total. The van der Waals surface area contributed by atoms with Gasteiger partial charge in [-0.3, -0.25) is 4.79 Å². The molecule has 0 aliphatic carbocycles. The van der Waals surface area contributed by atoms with Crippen molar-refractivity contribution in [3.8, 4) is 0 Å². The fraction of sp³-hybridized carbons (Fsp3) is 0.545. The third kappa shape index (κ3) is 3.32. The molecule has 1 unspecified atom stereocenters. The van der Waals surface area contributed by atoms with Crippen LogP contribution in [0, 0.1) is 5.92 Å². The average molecular weight is 226 g/mol. The lowest BCUT2D eigenvalue weighted by Crippen LogP contribution is -2.44. The second kappa shape index (κ2) is 5.28. The third-order valence-electron chi connectivity index (χ3n) is 2.35. The summed E-state index contributed by atoms with van der Waals surface area (Å²) in [6.07, 6.45) is 0. The van der Waals surface area contributed by atoms with Gasteiger partial charge in [0.1, 0.15) is 0 Å². The number of amides is 1. The first-order valence-corrected chi connectivity index (χ1v) is 5.93. The molecule has 0 aliphatic rings. The SMILES string of the molecule is CC(C)C(N)C(=O)N(C)Cc1cccs1. The van der Waals surface area contributed by atoms with Crippen molar-refractivity contribution in [3.63, 3.8) is 0 Å². The molecule has 1 aromatic heterocycles. The molecule has 15 heavy (non-hydrogen) atoms. The Kier molecular flexibility index (Phi) is 4.29. The second-order valence-corrected chi connectivity index (χ2v) is 5.08. The fourth-order valence-corrected chi connectivity index (χ4v) is 2.01. The zero-order valence-electron chi connectivity index (χ0n) is 9.43. The average Bonchev–Trinajstić information content (AvgIpc) is 2.67. The van der Waals surface area contributed by atoms with E-state index in [1.165, 1.54) is 4.88 Å². The number of hydrogen-bond acceptors (Lipinski definition) is 3. The Labute approximate surface area is 94.9 Å². The predicted molar refractivity (Wildman–Crippen MR) is 63.6 cm³/mol. The number of hydrogen-bond donors (Lipinski definition) is 1. The number of likely N-dealkylation sites (N-methyl/N-ethyl adjacent to an activating group) is 1. The van der Waals surface area contributed by atoms with Crippen LogP contribution in [0.15, 0.2) is 17.5 Å². The standard InChI is InChI=1S/C11H18N2OS/c1-8(2)10(12)11(14)13(3)7-9-5-4-6-15-9/h4-6,8,10H,7,12H2,1-3H3. The van der Waals surface area contributed by atoms with Gasteiger partial charge in [0, 0.05) is 11.9 Å². The molecule has 1 amide bonds. The van der Waals surface area contributed by atoms with Gasteiger partial charge < -0.3 is 10.6 Å². The molecular weight excluding hydrogens is 208 g/mol. The van der Waals surface area contributed by atoms with Crippen LogP contribution in [0.3, 0.4) is 0 Å². The summed E-state index contributed by atoms with van der Waals surface area (Å²) in [7, 11) is 1.80. The lowest BCUT2D eigenvalue weighted by atomic mass is 10.0. The molecule has 0 saturated heterocycles. The van der Waals surface area contributed by atoms with Crippen LogP contribution in [-0.4, -0.2) is 23.9 Å². The van der Waals surface area contributed by atoms with E-state index < -0.39 is 6.04 Å². The Morgan fingerprint density at radius 3 is 2.73 bits per heavy atom. The Hall–Kier alpha value is -0.870. The smallest absolute Gasteiger partial charge is 0.239 e. The van der Waals surface area contributed by atoms with Gasteiger partial charge in [-0.15, -0.1) is 11.3 Å². The van der Waals surface area contributed by atoms with Gasteiger partial charge in [0.05, 0.1) is 12.6 Å². The number of carbonyl (C=O) groups is 1. The topological polar surface area (TPSA) is 46.3 Å². The van der Waals surface area contributed by atoms with E-state index in [4.69, 9.17) is 5.73 Å². The zero-order chi connectivity index (χ0) is 11.4. The van der Waals surface area contributed by atoms with Crippen molar-refractivity contribution in [2.24, 2.45) is 11.7 Å². The van der Waals surface area contributed by atoms with Crippen molar-refractivity contribution in [2.45, 2.75) is 26.4 Å². The summed E-state index contributed by atoms with van der Waals surface area (Å²) in [5.74, 6) is 0.196. The highest BCUT2D eigenvalue weighted by molar-refractivity contribution is 7.09. The Balaban J connectivity index is 2.54. The summed E-state index contributed by atoms with van der Waals surface area (Å²) in [6.45, 7) is 4.57. The van der Waals surface area contributed by atoms with Crippen LogP contribution in [0.25, 0.3) is 0 Å². The van der Waals surface area contributed by atoms with Crippen molar-refractivity contribution >= 4 is 17.2 Å². The molecule has 4 heteroatoms. The molecule has 0 bridgehead atoms. The quantitative estimate of drug-likeness (QED) is 0.849. The van der Waals surface area contributed by atoms with Crippen LogP contribution in [0.4, 0.5) is 0 Å². The van der Waals surface area contributed by atoms with Gasteiger partial charge in [-0.25, -0.2) is 0 Å². The van der Waals surface area contributed by atoms with E-state index in [1.807, 2.05) is 31.4 Å². The summed E-state index contributed by atoms with van der Waals surface area (Å²) in [4.78, 5) is 14.7. The minimum atomic E-state index is -0.394. The van der Waals surface area contributed by atoms with Gasteiger partial charge in [-0.1, -0.05) is 19.9 Å². The number of carbonyl (C=O) groups excluding carboxylic acids is 1. The maximum Gasteiger partial charge on any atom is 0.239 e. The van der Waals surface area contributed by atoms with Crippen LogP contribution in [0.1, 0.15) is 18.7 Å². The first-order chi connectivity index (χ1) is 7.02. The van der Waals surface area contributed by atoms with Gasteiger partial charge in [0.25, 0.3) is 0 Å². The van der Waals surface area contributed by atoms with E-state index in [1.54, 1.807) is 23.3 Å². The monoisotopic (exact) mass is 226 g/mol. The second-order valence-electron chi connectivity index (χ2n) is 4.04. The molecule has 1 rings (SSSR count). The predicted octanol–water partition coefficient (Wildman–Crippen LogP) is 1.69. The highest BCUT2D eigenvalue weighted by Crippen LogP contribution is 2.12. The molecule has 0 aliphatic heterocycles.